The molecule has 3 amide bonds. The van der Waals surface area contributed by atoms with Crippen LogP contribution < -0.4 is 16.0 Å². The lowest BCUT2D eigenvalue weighted by atomic mass is 9.92. The molecule has 30 heavy (non-hydrogen) atoms. The van der Waals surface area contributed by atoms with Crippen molar-refractivity contribution in [1.82, 2.24) is 16.0 Å². The number of carbonyl (C=O) groups is 6. The summed E-state index contributed by atoms with van der Waals surface area (Å²) in [5, 5.41) is 24.7. The predicted octanol–water partition coefficient (Wildman–Crippen LogP) is -1.47. The van der Waals surface area contributed by atoms with Gasteiger partial charge in [0.15, 0.2) is 0 Å². The number of hydrogen-bond donors (Lipinski definition) is 5. The van der Waals surface area contributed by atoms with Gasteiger partial charge < -0.3 is 35.7 Å². The van der Waals surface area contributed by atoms with Crippen molar-refractivity contribution in [1.29, 1.82) is 0 Å². The summed E-state index contributed by atoms with van der Waals surface area (Å²) in [5.41, 5.74) is 0. The molecule has 0 aliphatic heterocycles. The smallest absolute Gasteiger partial charge is 0.305 e. The minimum atomic E-state index is -1.33. The predicted molar refractivity (Wildman–Crippen MR) is 102 cm³/mol. The van der Waals surface area contributed by atoms with Crippen molar-refractivity contribution in [2.45, 2.75) is 45.2 Å². The zero-order valence-corrected chi connectivity index (χ0v) is 17.2. The number of aldehydes is 1. The highest BCUT2D eigenvalue weighted by atomic mass is 16.5. The Bertz CT molecular complexity index is 636. The van der Waals surface area contributed by atoms with Crippen molar-refractivity contribution in [2.24, 2.45) is 11.8 Å². The van der Waals surface area contributed by atoms with Gasteiger partial charge in [-0.05, 0) is 12.3 Å². The van der Waals surface area contributed by atoms with Crippen LogP contribution in [0.25, 0.3) is 0 Å². The molecule has 0 fully saturated rings. The zero-order valence-electron chi connectivity index (χ0n) is 17.2. The first-order chi connectivity index (χ1) is 14.0. The molecule has 0 aromatic rings. The van der Waals surface area contributed by atoms with Gasteiger partial charge in [0.25, 0.3) is 0 Å². The minimum absolute atomic E-state index is 0.138. The van der Waals surface area contributed by atoms with Crippen molar-refractivity contribution >= 4 is 35.9 Å². The number of aliphatic carboxylic acids is 2. The van der Waals surface area contributed by atoms with E-state index in [2.05, 4.69) is 16.0 Å². The number of carbonyl (C=O) groups excluding carboxylic acids is 4. The summed E-state index contributed by atoms with van der Waals surface area (Å²) in [5.74, 6) is -6.73. The molecule has 3 unspecified atom stereocenters. The maximum atomic E-state index is 12.7. The van der Waals surface area contributed by atoms with Gasteiger partial charge >= 0.3 is 11.9 Å². The maximum Gasteiger partial charge on any atom is 0.305 e. The number of hydrogen-bond acceptors (Lipinski definition) is 7. The van der Waals surface area contributed by atoms with Gasteiger partial charge in [-0.15, -0.1) is 0 Å². The number of carboxylic acids is 2. The molecule has 0 radical (unpaired) electrons. The van der Waals surface area contributed by atoms with Gasteiger partial charge in [0, 0.05) is 20.1 Å². The van der Waals surface area contributed by atoms with E-state index in [9.17, 15) is 28.8 Å². The van der Waals surface area contributed by atoms with E-state index in [1.165, 1.54) is 7.11 Å². The van der Waals surface area contributed by atoms with E-state index < -0.39 is 66.4 Å². The van der Waals surface area contributed by atoms with E-state index >= 15 is 0 Å². The van der Waals surface area contributed by atoms with Crippen LogP contribution >= 0.6 is 0 Å². The number of ether oxygens (including phenoxy) is 1. The Morgan fingerprint density at radius 1 is 0.967 bits per heavy atom. The summed E-state index contributed by atoms with van der Waals surface area (Å²) in [7, 11) is 1.43. The van der Waals surface area contributed by atoms with Crippen LogP contribution in [0.1, 0.15) is 33.1 Å². The minimum Gasteiger partial charge on any atom is -0.481 e. The fourth-order valence-electron chi connectivity index (χ4n) is 2.52. The maximum absolute atomic E-state index is 12.7. The number of rotatable bonds is 15. The summed E-state index contributed by atoms with van der Waals surface area (Å²) < 4.78 is 4.81. The number of amides is 3. The summed E-state index contributed by atoms with van der Waals surface area (Å²) in [4.78, 5) is 70.0. The van der Waals surface area contributed by atoms with Gasteiger partial charge in [-0.1, -0.05) is 13.8 Å². The second kappa shape index (κ2) is 14.0. The first kappa shape index (κ1) is 27.0. The molecule has 12 nitrogen and oxygen atoms in total. The Hall–Kier alpha value is -3.02. The molecular weight excluding hydrogens is 402 g/mol. The molecule has 0 aliphatic carbocycles. The third-order valence-electron chi connectivity index (χ3n) is 4.00. The Morgan fingerprint density at radius 2 is 1.57 bits per heavy atom. The quantitative estimate of drug-likeness (QED) is 0.117. The molecule has 0 bridgehead atoms. The molecule has 0 saturated carbocycles. The number of nitrogens with one attached hydrogen (secondary N) is 3. The molecule has 0 saturated heterocycles. The molecule has 0 aromatic heterocycles. The SMILES string of the molecule is COCCNC(=O)C(CCC(=O)O)NC(=O)C(C(=O)NC(C=O)CC(=O)O)C(C)C. The summed E-state index contributed by atoms with van der Waals surface area (Å²) in [6.07, 6.45) is -1.000. The first-order valence-corrected chi connectivity index (χ1v) is 9.29. The van der Waals surface area contributed by atoms with Gasteiger partial charge in [0.1, 0.15) is 18.2 Å². The fourth-order valence-corrected chi connectivity index (χ4v) is 2.52. The third kappa shape index (κ3) is 10.5. The molecule has 0 spiro atoms. The van der Waals surface area contributed by atoms with Crippen molar-refractivity contribution in [3.05, 3.63) is 0 Å². The van der Waals surface area contributed by atoms with Crippen LogP contribution in [0.3, 0.4) is 0 Å². The Kier molecular flexibility index (Phi) is 12.6. The van der Waals surface area contributed by atoms with Crippen LogP contribution in [0, 0.1) is 11.8 Å². The van der Waals surface area contributed by atoms with E-state index in [0.29, 0.717) is 0 Å². The van der Waals surface area contributed by atoms with Gasteiger partial charge in [-0.2, -0.15) is 0 Å². The molecular formula is C18H29N3O9. The van der Waals surface area contributed by atoms with E-state index in [4.69, 9.17) is 14.9 Å². The van der Waals surface area contributed by atoms with Gasteiger partial charge in [0.05, 0.1) is 19.1 Å². The lowest BCUT2D eigenvalue weighted by Crippen LogP contribution is -2.53. The molecule has 0 heterocycles. The number of carboxylic acid groups (broad SMARTS) is 2. The normalized spacial score (nSPS) is 13.6. The molecule has 12 heteroatoms. The monoisotopic (exact) mass is 431 g/mol. The average molecular weight is 431 g/mol. The molecule has 0 aromatic carbocycles. The van der Waals surface area contributed by atoms with Crippen molar-refractivity contribution in [2.75, 3.05) is 20.3 Å². The molecule has 0 aliphatic rings. The van der Waals surface area contributed by atoms with Gasteiger partial charge in [0.2, 0.25) is 17.7 Å². The Balaban J connectivity index is 5.30. The lowest BCUT2D eigenvalue weighted by molar-refractivity contribution is -0.142. The van der Waals surface area contributed by atoms with Crippen LogP contribution in [-0.2, 0) is 33.5 Å². The summed E-state index contributed by atoms with van der Waals surface area (Å²) in [6, 6.07) is -2.52. The van der Waals surface area contributed by atoms with E-state index in [0.717, 1.165) is 0 Å². The largest absolute Gasteiger partial charge is 0.481 e. The highest BCUT2D eigenvalue weighted by Crippen LogP contribution is 2.13. The highest BCUT2D eigenvalue weighted by Gasteiger charge is 2.34. The summed E-state index contributed by atoms with van der Waals surface area (Å²) in [6.45, 7) is 3.46. The second-order valence-electron chi connectivity index (χ2n) is 6.85. The Labute approximate surface area is 173 Å². The van der Waals surface area contributed by atoms with Crippen LogP contribution in [0.15, 0.2) is 0 Å². The van der Waals surface area contributed by atoms with Crippen molar-refractivity contribution in [3.8, 4) is 0 Å². The molecule has 0 rings (SSSR count). The lowest BCUT2D eigenvalue weighted by Gasteiger charge is -2.24. The molecule has 3 atom stereocenters. The fraction of sp³-hybridized carbons (Fsp3) is 0.667. The topological polar surface area (TPSA) is 188 Å². The second-order valence-corrected chi connectivity index (χ2v) is 6.85. The van der Waals surface area contributed by atoms with Gasteiger partial charge in [-0.25, -0.2) is 0 Å². The van der Waals surface area contributed by atoms with Crippen molar-refractivity contribution < 1.29 is 43.7 Å². The first-order valence-electron chi connectivity index (χ1n) is 9.29. The van der Waals surface area contributed by atoms with Crippen molar-refractivity contribution in [3.63, 3.8) is 0 Å². The van der Waals surface area contributed by atoms with E-state index in [-0.39, 0.29) is 25.9 Å². The highest BCUT2D eigenvalue weighted by molar-refractivity contribution is 6.02. The van der Waals surface area contributed by atoms with E-state index in [1.54, 1.807) is 13.8 Å². The third-order valence-corrected chi connectivity index (χ3v) is 4.00. The summed E-state index contributed by atoms with van der Waals surface area (Å²) >= 11 is 0. The average Bonchev–Trinajstić information content (AvgIpc) is 2.63. The number of methoxy groups -OCH3 is 1. The Morgan fingerprint density at radius 3 is 2.03 bits per heavy atom. The zero-order chi connectivity index (χ0) is 23.3. The van der Waals surface area contributed by atoms with Crippen LogP contribution in [-0.4, -0.2) is 78.5 Å². The van der Waals surface area contributed by atoms with Crippen LogP contribution in [0.4, 0.5) is 0 Å². The van der Waals surface area contributed by atoms with E-state index in [1.807, 2.05) is 0 Å². The van der Waals surface area contributed by atoms with Crippen LogP contribution in [0.5, 0.6) is 0 Å². The van der Waals surface area contributed by atoms with Gasteiger partial charge in [-0.3, -0.25) is 24.0 Å². The standard InChI is InChI=1S/C18H29N3O9/c1-10(2)15(17(28)20-11(9-22)8-14(25)26)18(29)21-12(4-5-13(23)24)16(27)19-6-7-30-3/h9-12,15H,4-8H2,1-3H3,(H,19,27)(H,20,28)(H,21,29)(H,23,24)(H,25,26). The molecule has 170 valence electrons. The molecule has 5 N–H and O–H groups in total. The van der Waals surface area contributed by atoms with Crippen LogP contribution in [0.2, 0.25) is 0 Å².